The van der Waals surface area contributed by atoms with Crippen LogP contribution < -0.4 is 16.0 Å². The maximum Gasteiger partial charge on any atom is 0.318 e. The van der Waals surface area contributed by atoms with Crippen LogP contribution >= 0.6 is 0 Å². The number of likely N-dealkylation sites (tertiary alicyclic amines) is 1. The fraction of sp³-hybridized carbons (Fsp3) is 0.645. The number of rotatable bonds is 9. The summed E-state index contributed by atoms with van der Waals surface area (Å²) < 4.78 is 0. The Morgan fingerprint density at radius 3 is 2.08 bits per heavy atom. The van der Waals surface area contributed by atoms with Crippen molar-refractivity contribution >= 4 is 17.8 Å². The number of urea groups is 1. The minimum Gasteiger partial charge on any atom is -0.350 e. The van der Waals surface area contributed by atoms with Gasteiger partial charge in [-0.15, -0.1) is 0 Å². The van der Waals surface area contributed by atoms with Crippen LogP contribution in [0.15, 0.2) is 24.3 Å². The van der Waals surface area contributed by atoms with Crippen LogP contribution in [-0.2, 0) is 16.0 Å². The number of carbonyl (C=O) groups is 3. The Kier molecular flexibility index (Phi) is 12.8. The zero-order chi connectivity index (χ0) is 29.0. The summed E-state index contributed by atoms with van der Waals surface area (Å²) >= 11 is 0. The first kappa shape index (κ1) is 32.2. The molecular weight excluding hydrogens is 490 g/mol. The molecule has 1 heterocycles. The van der Waals surface area contributed by atoms with Crippen LogP contribution in [0.25, 0.3) is 0 Å². The summed E-state index contributed by atoms with van der Waals surface area (Å²) in [6.45, 7) is 11.9. The number of nitrogens with zero attached hydrogens (tertiary/aromatic N) is 2. The highest BCUT2D eigenvalue weighted by Crippen LogP contribution is 2.13. The van der Waals surface area contributed by atoms with Crippen LogP contribution in [-0.4, -0.2) is 79.0 Å². The summed E-state index contributed by atoms with van der Waals surface area (Å²) in [7, 11) is 3.95. The Morgan fingerprint density at radius 1 is 0.923 bits per heavy atom. The molecule has 8 nitrogen and oxygen atoms in total. The fourth-order valence-electron chi connectivity index (χ4n) is 4.41. The largest absolute Gasteiger partial charge is 0.350 e. The van der Waals surface area contributed by atoms with Crippen LogP contribution in [0.1, 0.15) is 77.8 Å². The van der Waals surface area contributed by atoms with Gasteiger partial charge in [-0.2, -0.15) is 0 Å². The molecule has 0 bridgehead atoms. The Morgan fingerprint density at radius 2 is 1.54 bits per heavy atom. The minimum atomic E-state index is -0.785. The van der Waals surface area contributed by atoms with Gasteiger partial charge in [-0.25, -0.2) is 4.79 Å². The SMILES string of the molecule is CC(C)CC(NC(=O)N1CCCCCC1)C(=O)NC(Cc1ccc(C#CCN(C)C)cc1)C(=O)NC(C)(C)C. The third kappa shape index (κ3) is 12.6. The molecule has 8 heteroatoms. The van der Waals surface area contributed by atoms with Crippen molar-refractivity contribution in [1.82, 2.24) is 25.8 Å². The van der Waals surface area contributed by atoms with E-state index in [1.807, 2.05) is 77.9 Å². The number of hydrogen-bond acceptors (Lipinski definition) is 4. The first-order valence-electron chi connectivity index (χ1n) is 14.2. The maximum atomic E-state index is 13.5. The van der Waals surface area contributed by atoms with Crippen molar-refractivity contribution in [2.75, 3.05) is 33.7 Å². The van der Waals surface area contributed by atoms with Crippen molar-refractivity contribution in [2.45, 2.75) is 90.8 Å². The summed E-state index contributed by atoms with van der Waals surface area (Å²) in [6, 6.07) is 6.03. The third-order valence-electron chi connectivity index (χ3n) is 6.37. The van der Waals surface area contributed by atoms with Crippen molar-refractivity contribution in [3.63, 3.8) is 0 Å². The van der Waals surface area contributed by atoms with Crippen LogP contribution in [0.3, 0.4) is 0 Å². The van der Waals surface area contributed by atoms with Crippen LogP contribution in [0.2, 0.25) is 0 Å². The van der Waals surface area contributed by atoms with Gasteiger partial charge in [-0.1, -0.05) is 50.7 Å². The van der Waals surface area contributed by atoms with Crippen molar-refractivity contribution in [2.24, 2.45) is 5.92 Å². The molecule has 39 heavy (non-hydrogen) atoms. The van der Waals surface area contributed by atoms with Crippen LogP contribution in [0.5, 0.6) is 0 Å². The van der Waals surface area contributed by atoms with E-state index in [-0.39, 0.29) is 23.8 Å². The molecule has 0 saturated carbocycles. The average molecular weight is 540 g/mol. The number of carbonyl (C=O) groups excluding carboxylic acids is 3. The van der Waals surface area contributed by atoms with E-state index < -0.39 is 17.6 Å². The van der Waals surface area contributed by atoms with Crippen molar-refractivity contribution in [1.29, 1.82) is 0 Å². The molecule has 1 fully saturated rings. The van der Waals surface area contributed by atoms with Gasteiger partial charge in [-0.3, -0.25) is 14.5 Å². The lowest BCUT2D eigenvalue weighted by Gasteiger charge is -2.29. The second-order valence-corrected chi connectivity index (χ2v) is 12.3. The molecule has 2 rings (SSSR count). The molecule has 2 atom stereocenters. The van der Waals surface area contributed by atoms with Crippen LogP contribution in [0, 0.1) is 17.8 Å². The van der Waals surface area contributed by atoms with Gasteiger partial charge in [0.2, 0.25) is 11.8 Å². The number of hydrogen-bond donors (Lipinski definition) is 3. The highest BCUT2D eigenvalue weighted by atomic mass is 16.2. The van der Waals surface area contributed by atoms with Gasteiger partial charge >= 0.3 is 6.03 Å². The zero-order valence-corrected chi connectivity index (χ0v) is 25.0. The molecule has 0 aromatic heterocycles. The standard InChI is InChI=1S/C31H49N5O3/c1-23(2)21-26(33-30(39)36-19-10-8-9-11-20-36)28(37)32-27(29(38)34-31(3,4)5)22-25-16-14-24(15-17-25)13-12-18-35(6)7/h14-17,23,26-27H,8-11,18-22H2,1-7H3,(H,32,37)(H,33,39)(H,34,38). The average Bonchev–Trinajstić information content (AvgIpc) is 3.12. The molecule has 1 aliphatic heterocycles. The summed E-state index contributed by atoms with van der Waals surface area (Å²) in [4.78, 5) is 43.6. The Hall–Kier alpha value is -3.05. The molecule has 0 spiro atoms. The van der Waals surface area contributed by atoms with Crippen molar-refractivity contribution in [3.05, 3.63) is 35.4 Å². The van der Waals surface area contributed by atoms with E-state index in [0.717, 1.165) is 36.8 Å². The van der Waals surface area contributed by atoms with Gasteiger partial charge < -0.3 is 20.9 Å². The Bertz CT molecular complexity index is 994. The molecule has 1 saturated heterocycles. The van der Waals surface area contributed by atoms with E-state index in [2.05, 4.69) is 27.8 Å². The first-order chi connectivity index (χ1) is 18.3. The highest BCUT2D eigenvalue weighted by Gasteiger charge is 2.30. The third-order valence-corrected chi connectivity index (χ3v) is 6.37. The smallest absolute Gasteiger partial charge is 0.318 e. The first-order valence-corrected chi connectivity index (χ1v) is 14.2. The number of nitrogens with one attached hydrogen (secondary N) is 3. The highest BCUT2D eigenvalue weighted by molar-refractivity contribution is 5.92. The second-order valence-electron chi connectivity index (χ2n) is 12.3. The lowest BCUT2D eigenvalue weighted by atomic mass is 9.99. The maximum absolute atomic E-state index is 13.5. The van der Waals surface area contributed by atoms with E-state index in [1.54, 1.807) is 4.90 Å². The summed E-state index contributed by atoms with van der Waals surface area (Å²) in [5.74, 6) is 5.85. The van der Waals surface area contributed by atoms with Gasteiger partial charge in [0.1, 0.15) is 12.1 Å². The van der Waals surface area contributed by atoms with E-state index in [9.17, 15) is 14.4 Å². The van der Waals surface area contributed by atoms with Gasteiger partial charge in [0.15, 0.2) is 0 Å². The topological polar surface area (TPSA) is 93.8 Å². The molecule has 4 amide bonds. The predicted octanol–water partition coefficient (Wildman–Crippen LogP) is 3.54. The van der Waals surface area contributed by atoms with E-state index in [1.165, 1.54) is 0 Å². The number of amides is 4. The van der Waals surface area contributed by atoms with Crippen molar-refractivity contribution in [3.8, 4) is 11.8 Å². The van der Waals surface area contributed by atoms with E-state index in [0.29, 0.717) is 32.5 Å². The Balaban J connectivity index is 2.18. The molecule has 1 aromatic carbocycles. The van der Waals surface area contributed by atoms with Crippen LogP contribution in [0.4, 0.5) is 4.79 Å². The number of benzene rings is 1. The van der Waals surface area contributed by atoms with E-state index >= 15 is 0 Å². The molecular formula is C31H49N5O3. The van der Waals surface area contributed by atoms with Gasteiger partial charge in [0, 0.05) is 30.6 Å². The molecule has 0 radical (unpaired) electrons. The molecule has 2 unspecified atom stereocenters. The Labute approximate surface area is 235 Å². The molecule has 1 aliphatic rings. The lowest BCUT2D eigenvalue weighted by Crippen LogP contribution is -2.58. The monoisotopic (exact) mass is 539 g/mol. The van der Waals surface area contributed by atoms with Gasteiger partial charge in [-0.05, 0) is 77.7 Å². The summed E-state index contributed by atoms with van der Waals surface area (Å²) in [6.07, 6.45) is 5.00. The summed E-state index contributed by atoms with van der Waals surface area (Å²) in [5.41, 5.74) is 1.36. The van der Waals surface area contributed by atoms with Gasteiger partial charge in [0.25, 0.3) is 0 Å². The summed E-state index contributed by atoms with van der Waals surface area (Å²) in [5, 5.41) is 8.92. The second kappa shape index (κ2) is 15.5. The van der Waals surface area contributed by atoms with Gasteiger partial charge in [0.05, 0.1) is 6.54 Å². The minimum absolute atomic E-state index is 0.188. The molecule has 3 N–H and O–H groups in total. The molecule has 0 aliphatic carbocycles. The predicted molar refractivity (Wildman–Crippen MR) is 157 cm³/mol. The molecule has 216 valence electrons. The van der Waals surface area contributed by atoms with E-state index in [4.69, 9.17) is 0 Å². The van der Waals surface area contributed by atoms with Crippen molar-refractivity contribution < 1.29 is 14.4 Å². The molecule has 1 aromatic rings. The lowest BCUT2D eigenvalue weighted by molar-refractivity contribution is -0.130. The quantitative estimate of drug-likeness (QED) is 0.419. The normalized spacial score (nSPS) is 15.6. The zero-order valence-electron chi connectivity index (χ0n) is 25.0. The fourth-order valence-corrected chi connectivity index (χ4v) is 4.41.